The van der Waals surface area contributed by atoms with Gasteiger partial charge in [0.25, 0.3) is 0 Å². The Morgan fingerprint density at radius 2 is 2.09 bits per heavy atom. The summed E-state index contributed by atoms with van der Waals surface area (Å²) in [5.74, 6) is 1.17. The predicted octanol–water partition coefficient (Wildman–Crippen LogP) is 3.32. The maximum atomic E-state index is 12.6. The smallest absolute Gasteiger partial charge is 0.326 e. The van der Waals surface area contributed by atoms with E-state index in [1.807, 2.05) is 0 Å². The molecule has 7 nitrogen and oxygen atoms in total. The zero-order valence-corrected chi connectivity index (χ0v) is 18.8. The van der Waals surface area contributed by atoms with E-state index in [0.717, 1.165) is 75.8 Å². The Kier molecular flexibility index (Phi) is 6.10. The number of carbonyl (C=O) groups excluding carboxylic acids is 1. The molecule has 3 N–H and O–H groups in total. The number of amides is 1. The number of ether oxygens (including phenoxy) is 1. The molecule has 0 unspecified atom stereocenters. The third-order valence-corrected chi connectivity index (χ3v) is 7.92. The summed E-state index contributed by atoms with van der Waals surface area (Å²) in [6.45, 7) is 1.39. The van der Waals surface area contributed by atoms with Gasteiger partial charge in [0.2, 0.25) is 5.91 Å². The fourth-order valence-electron chi connectivity index (χ4n) is 5.41. The minimum atomic E-state index is -0.966. The number of anilines is 1. The van der Waals surface area contributed by atoms with Crippen molar-refractivity contribution in [3.8, 4) is 0 Å². The van der Waals surface area contributed by atoms with Crippen molar-refractivity contribution < 1.29 is 19.4 Å². The zero-order valence-electron chi connectivity index (χ0n) is 18.8. The lowest BCUT2D eigenvalue weighted by atomic mass is 9.79. The van der Waals surface area contributed by atoms with Gasteiger partial charge in [0, 0.05) is 25.3 Å². The lowest BCUT2D eigenvalue weighted by Crippen LogP contribution is -2.45. The number of fused-ring (bicyclic) bond motifs is 1. The highest BCUT2D eigenvalue weighted by molar-refractivity contribution is 5.89. The summed E-state index contributed by atoms with van der Waals surface area (Å²) in [6.07, 6.45) is 11.0. The minimum Gasteiger partial charge on any atom is -0.480 e. The Morgan fingerprint density at radius 1 is 1.28 bits per heavy atom. The van der Waals surface area contributed by atoms with Gasteiger partial charge in [-0.1, -0.05) is 6.07 Å². The van der Waals surface area contributed by atoms with Crippen molar-refractivity contribution in [3.05, 3.63) is 23.4 Å². The molecule has 3 aliphatic carbocycles. The van der Waals surface area contributed by atoms with Gasteiger partial charge in [-0.25, -0.2) is 9.78 Å². The maximum Gasteiger partial charge on any atom is 0.326 e. The average Bonchev–Trinajstić information content (AvgIpc) is 3.66. The first-order valence-electron chi connectivity index (χ1n) is 12.4. The number of hydrogen-bond acceptors (Lipinski definition) is 5. The molecule has 0 bridgehead atoms. The van der Waals surface area contributed by atoms with Crippen LogP contribution in [0.25, 0.3) is 0 Å². The molecule has 0 radical (unpaired) electrons. The van der Waals surface area contributed by atoms with Crippen molar-refractivity contribution in [2.24, 2.45) is 17.3 Å². The number of carboxylic acids is 1. The van der Waals surface area contributed by atoms with E-state index in [4.69, 9.17) is 9.72 Å². The van der Waals surface area contributed by atoms with Crippen molar-refractivity contribution in [2.75, 3.05) is 18.5 Å². The molecule has 4 aliphatic rings. The Morgan fingerprint density at radius 3 is 2.81 bits per heavy atom. The first-order chi connectivity index (χ1) is 15.5. The predicted molar refractivity (Wildman–Crippen MR) is 120 cm³/mol. The van der Waals surface area contributed by atoms with Gasteiger partial charge in [0.05, 0.1) is 11.5 Å². The summed E-state index contributed by atoms with van der Waals surface area (Å²) in [4.78, 5) is 29.0. The van der Waals surface area contributed by atoms with Crippen LogP contribution in [0.2, 0.25) is 0 Å². The van der Waals surface area contributed by atoms with E-state index in [1.54, 1.807) is 0 Å². The van der Waals surface area contributed by atoms with Crippen LogP contribution in [0.15, 0.2) is 12.1 Å². The molecule has 1 aliphatic heterocycles. The molecule has 3 saturated carbocycles. The van der Waals surface area contributed by atoms with Gasteiger partial charge in [0.15, 0.2) is 0 Å². The van der Waals surface area contributed by atoms with E-state index in [9.17, 15) is 14.7 Å². The summed E-state index contributed by atoms with van der Waals surface area (Å²) < 4.78 is 5.92. The molecular formula is C25H35N3O4. The average molecular weight is 442 g/mol. The fourth-order valence-corrected chi connectivity index (χ4v) is 5.41. The normalized spacial score (nSPS) is 26.2. The summed E-state index contributed by atoms with van der Waals surface area (Å²) in [5, 5.41) is 15.7. The second-order valence-electron chi connectivity index (χ2n) is 10.3. The van der Waals surface area contributed by atoms with Crippen molar-refractivity contribution in [3.63, 3.8) is 0 Å². The number of rotatable bonds is 11. The molecular weight excluding hydrogens is 406 g/mol. The zero-order chi connectivity index (χ0) is 22.1. The molecule has 0 saturated heterocycles. The van der Waals surface area contributed by atoms with Gasteiger partial charge >= 0.3 is 5.97 Å². The van der Waals surface area contributed by atoms with Crippen LogP contribution in [0.1, 0.15) is 69.0 Å². The van der Waals surface area contributed by atoms with Crippen LogP contribution in [0.3, 0.4) is 0 Å². The van der Waals surface area contributed by atoms with E-state index in [0.29, 0.717) is 24.9 Å². The Balaban J connectivity index is 0.990. The summed E-state index contributed by atoms with van der Waals surface area (Å²) in [5.41, 5.74) is 2.23. The Hall–Kier alpha value is -2.15. The molecule has 32 heavy (non-hydrogen) atoms. The van der Waals surface area contributed by atoms with Gasteiger partial charge < -0.3 is 20.5 Å². The third kappa shape index (κ3) is 4.77. The largest absolute Gasteiger partial charge is 0.480 e. The van der Waals surface area contributed by atoms with E-state index in [2.05, 4.69) is 22.8 Å². The van der Waals surface area contributed by atoms with Crippen molar-refractivity contribution >= 4 is 17.7 Å². The molecule has 7 heteroatoms. The monoisotopic (exact) mass is 441 g/mol. The topological polar surface area (TPSA) is 101 Å². The number of nitrogens with one attached hydrogen (secondary N) is 2. The fraction of sp³-hybridized carbons (Fsp3) is 0.720. The highest BCUT2D eigenvalue weighted by Gasteiger charge is 2.59. The molecule has 1 atom stereocenters. The standard InChI is InChI=1S/C25H35N3O4/c29-23(30)21(28-24(31)25(10-11-25)18-5-6-18)9-13-32-20-14-16(15-20)3-7-19-8-4-17-2-1-12-26-22(17)27-19/h4,8,16,18,20-21H,1-3,5-7,9-15H2,(H,26,27)(H,28,31)(H,29,30)/t16?,20?,21-/m0/s1. The highest BCUT2D eigenvalue weighted by atomic mass is 16.5. The van der Waals surface area contributed by atoms with Gasteiger partial charge in [0.1, 0.15) is 11.9 Å². The van der Waals surface area contributed by atoms with E-state index in [-0.39, 0.29) is 17.4 Å². The summed E-state index contributed by atoms with van der Waals surface area (Å²) >= 11 is 0. The molecule has 1 aromatic rings. The van der Waals surface area contributed by atoms with Crippen molar-refractivity contribution in [1.82, 2.24) is 10.3 Å². The van der Waals surface area contributed by atoms with Gasteiger partial charge in [-0.15, -0.1) is 0 Å². The molecule has 174 valence electrons. The number of hydrogen-bond donors (Lipinski definition) is 3. The summed E-state index contributed by atoms with van der Waals surface area (Å²) in [6, 6.07) is 3.52. The quantitative estimate of drug-likeness (QED) is 0.487. The Bertz CT molecular complexity index is 859. The molecule has 2 heterocycles. The number of aliphatic carboxylic acids is 1. The van der Waals surface area contributed by atoms with Crippen LogP contribution >= 0.6 is 0 Å². The minimum absolute atomic E-state index is 0.0536. The number of nitrogens with zero attached hydrogens (tertiary/aromatic N) is 1. The van der Waals surface area contributed by atoms with Crippen LogP contribution < -0.4 is 10.6 Å². The molecule has 0 aromatic carbocycles. The SMILES string of the molecule is O=C(O)[C@H](CCOC1CC(CCc2ccc3c(n2)NCCC3)C1)NC(=O)C1(C2CC2)CC1. The van der Waals surface area contributed by atoms with E-state index < -0.39 is 12.0 Å². The second-order valence-corrected chi connectivity index (χ2v) is 10.3. The van der Waals surface area contributed by atoms with Crippen LogP contribution in [0.4, 0.5) is 5.82 Å². The molecule has 0 spiro atoms. The van der Waals surface area contributed by atoms with Crippen molar-refractivity contribution in [1.29, 1.82) is 0 Å². The second kappa shape index (κ2) is 9.00. The van der Waals surface area contributed by atoms with Crippen LogP contribution in [-0.4, -0.2) is 47.3 Å². The van der Waals surface area contributed by atoms with Gasteiger partial charge in [-0.2, -0.15) is 0 Å². The van der Waals surface area contributed by atoms with Crippen LogP contribution in [0, 0.1) is 17.3 Å². The number of aromatic nitrogens is 1. The van der Waals surface area contributed by atoms with Gasteiger partial charge in [-0.3, -0.25) is 4.79 Å². The molecule has 5 rings (SSSR count). The number of pyridine rings is 1. The number of carbonyl (C=O) groups is 2. The van der Waals surface area contributed by atoms with Gasteiger partial charge in [-0.05, 0) is 87.7 Å². The molecule has 1 aromatic heterocycles. The lowest BCUT2D eigenvalue weighted by Gasteiger charge is -2.35. The first-order valence-corrected chi connectivity index (χ1v) is 12.4. The maximum absolute atomic E-state index is 12.6. The molecule has 3 fully saturated rings. The number of carboxylic acid groups (broad SMARTS) is 1. The Labute approximate surface area is 189 Å². The van der Waals surface area contributed by atoms with Crippen LogP contribution in [-0.2, 0) is 27.2 Å². The first kappa shape index (κ1) is 21.7. The molecule has 1 amide bonds. The number of aryl methyl sites for hydroxylation is 2. The van der Waals surface area contributed by atoms with E-state index in [1.165, 1.54) is 12.0 Å². The van der Waals surface area contributed by atoms with Crippen LogP contribution in [0.5, 0.6) is 0 Å². The third-order valence-electron chi connectivity index (χ3n) is 7.92. The van der Waals surface area contributed by atoms with Crippen molar-refractivity contribution in [2.45, 2.75) is 82.8 Å². The summed E-state index contributed by atoms with van der Waals surface area (Å²) in [7, 11) is 0. The lowest BCUT2D eigenvalue weighted by molar-refractivity contribution is -0.144. The van der Waals surface area contributed by atoms with E-state index >= 15 is 0 Å². The highest BCUT2D eigenvalue weighted by Crippen LogP contribution is 2.61.